The maximum Gasteiger partial charge on any atom is 0.158 e. The molecule has 2 aromatic rings. The molecular weight excluding hydrogens is 236 g/mol. The maximum absolute atomic E-state index is 6.18. The Balaban J connectivity index is 2.50. The zero-order valence-electron chi connectivity index (χ0n) is 10.4. The van der Waals surface area contributed by atoms with Crippen LogP contribution in [0.15, 0.2) is 18.5 Å². The molecule has 0 bridgehead atoms. The monoisotopic (exact) mass is 250 g/mol. The SMILES string of the molecule is Cc1cc(-n2nc(C(C)(C)C)cc2Cl)ncn1. The highest BCUT2D eigenvalue weighted by Crippen LogP contribution is 2.25. The zero-order chi connectivity index (χ0) is 12.6. The summed E-state index contributed by atoms with van der Waals surface area (Å²) in [6, 6.07) is 3.73. The lowest BCUT2D eigenvalue weighted by Crippen LogP contribution is -2.13. The summed E-state index contributed by atoms with van der Waals surface area (Å²) in [6.45, 7) is 8.21. The molecule has 0 saturated heterocycles. The van der Waals surface area contributed by atoms with Gasteiger partial charge < -0.3 is 0 Å². The highest BCUT2D eigenvalue weighted by atomic mass is 35.5. The summed E-state index contributed by atoms with van der Waals surface area (Å²) in [5.74, 6) is 0.693. The molecule has 0 aliphatic rings. The highest BCUT2D eigenvalue weighted by molar-refractivity contribution is 6.29. The summed E-state index contributed by atoms with van der Waals surface area (Å²) in [7, 11) is 0. The van der Waals surface area contributed by atoms with Crippen molar-refractivity contribution in [2.45, 2.75) is 33.1 Å². The van der Waals surface area contributed by atoms with E-state index < -0.39 is 0 Å². The average Bonchev–Trinajstić information content (AvgIpc) is 2.60. The van der Waals surface area contributed by atoms with Gasteiger partial charge in [-0.2, -0.15) is 5.10 Å². The second-order valence-electron chi connectivity index (χ2n) is 5.03. The van der Waals surface area contributed by atoms with Crippen molar-refractivity contribution in [3.05, 3.63) is 35.0 Å². The molecule has 0 spiro atoms. The van der Waals surface area contributed by atoms with Crippen molar-refractivity contribution < 1.29 is 0 Å². The van der Waals surface area contributed by atoms with Gasteiger partial charge in [-0.1, -0.05) is 32.4 Å². The van der Waals surface area contributed by atoms with Gasteiger partial charge >= 0.3 is 0 Å². The predicted octanol–water partition coefficient (Wildman–Crippen LogP) is 2.92. The van der Waals surface area contributed by atoms with E-state index in [-0.39, 0.29) is 5.41 Å². The summed E-state index contributed by atoms with van der Waals surface area (Å²) >= 11 is 6.18. The third kappa shape index (κ3) is 2.47. The van der Waals surface area contributed by atoms with Crippen LogP contribution >= 0.6 is 11.6 Å². The van der Waals surface area contributed by atoms with Crippen molar-refractivity contribution in [2.24, 2.45) is 0 Å². The van der Waals surface area contributed by atoms with Crippen molar-refractivity contribution >= 4 is 11.6 Å². The summed E-state index contributed by atoms with van der Waals surface area (Å²) in [5, 5.41) is 5.05. The van der Waals surface area contributed by atoms with Gasteiger partial charge in [0.1, 0.15) is 11.5 Å². The zero-order valence-corrected chi connectivity index (χ0v) is 11.2. The Morgan fingerprint density at radius 2 is 1.88 bits per heavy atom. The molecule has 0 aliphatic carbocycles. The molecule has 0 fully saturated rings. The molecule has 17 heavy (non-hydrogen) atoms. The molecule has 2 heterocycles. The van der Waals surface area contributed by atoms with Gasteiger partial charge in [0.05, 0.1) is 5.69 Å². The van der Waals surface area contributed by atoms with E-state index in [1.54, 1.807) is 4.68 Å². The van der Waals surface area contributed by atoms with Crippen molar-refractivity contribution in [1.82, 2.24) is 19.7 Å². The highest BCUT2D eigenvalue weighted by Gasteiger charge is 2.20. The van der Waals surface area contributed by atoms with Crippen LogP contribution in [0.4, 0.5) is 0 Å². The number of nitrogens with zero attached hydrogens (tertiary/aromatic N) is 4. The molecule has 0 N–H and O–H groups in total. The van der Waals surface area contributed by atoms with E-state index in [1.165, 1.54) is 6.33 Å². The number of aryl methyl sites for hydroxylation is 1. The normalized spacial score (nSPS) is 11.8. The number of hydrogen-bond acceptors (Lipinski definition) is 3. The third-order valence-electron chi connectivity index (χ3n) is 2.44. The second-order valence-corrected chi connectivity index (χ2v) is 5.42. The first-order chi connectivity index (χ1) is 7.88. The van der Waals surface area contributed by atoms with Crippen LogP contribution in [0.5, 0.6) is 0 Å². The average molecular weight is 251 g/mol. The third-order valence-corrected chi connectivity index (χ3v) is 2.71. The molecule has 0 atom stereocenters. The quantitative estimate of drug-likeness (QED) is 0.782. The molecule has 0 saturated carbocycles. The number of rotatable bonds is 1. The lowest BCUT2D eigenvalue weighted by Gasteiger charge is -2.14. The molecule has 2 aromatic heterocycles. The van der Waals surface area contributed by atoms with E-state index in [0.29, 0.717) is 11.0 Å². The van der Waals surface area contributed by atoms with Crippen molar-refractivity contribution in [2.75, 3.05) is 0 Å². The van der Waals surface area contributed by atoms with E-state index in [9.17, 15) is 0 Å². The van der Waals surface area contributed by atoms with Gasteiger partial charge in [-0.05, 0) is 13.0 Å². The molecule has 0 unspecified atom stereocenters. The van der Waals surface area contributed by atoms with Gasteiger partial charge in [-0.25, -0.2) is 14.6 Å². The van der Waals surface area contributed by atoms with Crippen LogP contribution in [-0.2, 0) is 5.41 Å². The topological polar surface area (TPSA) is 43.6 Å². The fourth-order valence-corrected chi connectivity index (χ4v) is 1.67. The Morgan fingerprint density at radius 1 is 1.18 bits per heavy atom. The van der Waals surface area contributed by atoms with Crippen molar-refractivity contribution in [3.63, 3.8) is 0 Å². The fourth-order valence-electron chi connectivity index (χ4n) is 1.44. The van der Waals surface area contributed by atoms with Gasteiger partial charge in [0.25, 0.3) is 0 Å². The summed E-state index contributed by atoms with van der Waals surface area (Å²) in [6.07, 6.45) is 1.51. The van der Waals surface area contributed by atoms with Crippen LogP contribution in [0.3, 0.4) is 0 Å². The molecule has 0 aromatic carbocycles. The van der Waals surface area contributed by atoms with Crippen LogP contribution in [0.2, 0.25) is 5.15 Å². The van der Waals surface area contributed by atoms with Crippen LogP contribution in [0.25, 0.3) is 5.82 Å². The first-order valence-electron chi connectivity index (χ1n) is 5.43. The first-order valence-corrected chi connectivity index (χ1v) is 5.81. The molecule has 0 amide bonds. The molecule has 4 nitrogen and oxygen atoms in total. The van der Waals surface area contributed by atoms with Crippen molar-refractivity contribution in [1.29, 1.82) is 0 Å². The minimum absolute atomic E-state index is 0.0308. The summed E-state index contributed by atoms with van der Waals surface area (Å²) in [5.41, 5.74) is 1.80. The van der Waals surface area contributed by atoms with Gasteiger partial charge in [-0.3, -0.25) is 0 Å². The van der Waals surface area contributed by atoms with Gasteiger partial charge in [0, 0.05) is 17.2 Å². The standard InChI is InChI=1S/C12H15ClN4/c1-8-5-11(15-7-14-8)17-10(13)6-9(16-17)12(2,3)4/h5-7H,1-4H3. The summed E-state index contributed by atoms with van der Waals surface area (Å²) < 4.78 is 1.64. The smallest absolute Gasteiger partial charge is 0.158 e. The fraction of sp³-hybridized carbons (Fsp3) is 0.417. The van der Waals surface area contributed by atoms with Gasteiger partial charge in [-0.15, -0.1) is 0 Å². The van der Waals surface area contributed by atoms with Crippen LogP contribution in [0.1, 0.15) is 32.2 Å². The second kappa shape index (κ2) is 4.11. The predicted molar refractivity (Wildman–Crippen MR) is 67.6 cm³/mol. The minimum Gasteiger partial charge on any atom is -0.242 e. The van der Waals surface area contributed by atoms with E-state index in [1.807, 2.05) is 19.1 Å². The number of aromatic nitrogens is 4. The van der Waals surface area contributed by atoms with E-state index in [0.717, 1.165) is 11.4 Å². The van der Waals surface area contributed by atoms with Crippen LogP contribution in [0, 0.1) is 6.92 Å². The molecule has 0 radical (unpaired) electrons. The summed E-state index contributed by atoms with van der Waals surface area (Å²) in [4.78, 5) is 8.23. The largest absolute Gasteiger partial charge is 0.242 e. The lowest BCUT2D eigenvalue weighted by atomic mass is 9.93. The molecule has 0 aliphatic heterocycles. The van der Waals surface area contributed by atoms with E-state index in [2.05, 4.69) is 35.8 Å². The Bertz CT molecular complexity index is 540. The molecule has 2 rings (SSSR count). The Kier molecular flexibility index (Phi) is 2.91. The van der Waals surface area contributed by atoms with E-state index >= 15 is 0 Å². The molecule has 90 valence electrons. The minimum atomic E-state index is -0.0308. The Hall–Kier alpha value is -1.42. The Labute approximate surface area is 106 Å². The lowest BCUT2D eigenvalue weighted by molar-refractivity contribution is 0.559. The van der Waals surface area contributed by atoms with Crippen molar-refractivity contribution in [3.8, 4) is 5.82 Å². The first kappa shape index (κ1) is 12.0. The van der Waals surface area contributed by atoms with Crippen LogP contribution < -0.4 is 0 Å². The van der Waals surface area contributed by atoms with Gasteiger partial charge in [0.15, 0.2) is 5.82 Å². The number of halogens is 1. The number of hydrogen-bond donors (Lipinski definition) is 0. The maximum atomic E-state index is 6.18. The van der Waals surface area contributed by atoms with Crippen LogP contribution in [-0.4, -0.2) is 19.7 Å². The molecular formula is C12H15ClN4. The Morgan fingerprint density at radius 3 is 2.41 bits per heavy atom. The van der Waals surface area contributed by atoms with E-state index in [4.69, 9.17) is 11.6 Å². The van der Waals surface area contributed by atoms with Gasteiger partial charge in [0.2, 0.25) is 0 Å². The molecule has 5 heteroatoms.